The van der Waals surface area contributed by atoms with E-state index < -0.39 is 18.2 Å². The van der Waals surface area contributed by atoms with Gasteiger partial charge in [0.25, 0.3) is 0 Å². The summed E-state index contributed by atoms with van der Waals surface area (Å²) < 4.78 is 21.0. The van der Waals surface area contributed by atoms with Crippen LogP contribution in [-0.2, 0) is 9.84 Å². The Morgan fingerprint density at radius 1 is 1.40 bits per heavy atom. The normalized spacial score (nSPS) is 18.1. The number of rotatable bonds is 3. The average Bonchev–Trinajstić information content (AvgIpc) is 2.16. The van der Waals surface area contributed by atoms with E-state index in [0.717, 1.165) is 6.26 Å². The van der Waals surface area contributed by atoms with Crippen molar-refractivity contribution in [3.63, 3.8) is 0 Å². The maximum atomic E-state index is 11.4. The van der Waals surface area contributed by atoms with Crippen molar-refractivity contribution >= 4 is 44.0 Å². The molecule has 0 spiro atoms. The Balaban J connectivity index is 3.11. The van der Waals surface area contributed by atoms with Crippen molar-refractivity contribution < 1.29 is 13.5 Å². The summed E-state index contributed by atoms with van der Waals surface area (Å²) in [7, 11) is -3.55. The molecule has 2 atom stereocenters. The van der Waals surface area contributed by atoms with Crippen molar-refractivity contribution in [2.24, 2.45) is 0 Å². The number of hydrogen-bond acceptors (Lipinski definition) is 3. The van der Waals surface area contributed by atoms with Gasteiger partial charge in [-0.25, -0.2) is 8.42 Å². The highest BCUT2D eigenvalue weighted by Gasteiger charge is 2.43. The topological polar surface area (TPSA) is 54.4 Å². The van der Waals surface area contributed by atoms with Gasteiger partial charge < -0.3 is 5.11 Å². The first-order valence-electron chi connectivity index (χ1n) is 4.07. The third kappa shape index (κ3) is 2.83. The van der Waals surface area contributed by atoms with E-state index in [0.29, 0.717) is 5.56 Å². The molecule has 84 valence electrons. The first-order valence-corrected chi connectivity index (χ1v) is 7.42. The Bertz CT molecular complexity index is 430. The lowest BCUT2D eigenvalue weighted by molar-refractivity contribution is 0.188. The van der Waals surface area contributed by atoms with Crippen LogP contribution >= 0.6 is 34.2 Å². The zero-order valence-corrected chi connectivity index (χ0v) is 11.6. The lowest BCUT2D eigenvalue weighted by Crippen LogP contribution is -2.31. The Morgan fingerprint density at radius 2 is 1.87 bits per heavy atom. The number of sulfone groups is 1. The van der Waals surface area contributed by atoms with Crippen LogP contribution in [0.4, 0.5) is 0 Å². The summed E-state index contributed by atoms with van der Waals surface area (Å²) in [5.74, 6) is 0. The second kappa shape index (κ2) is 4.57. The Kier molecular flexibility index (Phi) is 4.02. The molecule has 0 amide bonds. The van der Waals surface area contributed by atoms with Gasteiger partial charge in [0, 0.05) is 6.26 Å². The molecule has 0 unspecified atom stereocenters. The molecule has 15 heavy (non-hydrogen) atoms. The van der Waals surface area contributed by atoms with E-state index in [9.17, 15) is 13.5 Å². The van der Waals surface area contributed by atoms with Crippen LogP contribution in [-0.4, -0.2) is 22.0 Å². The molecule has 0 saturated heterocycles. The van der Waals surface area contributed by atoms with E-state index >= 15 is 0 Å². The summed E-state index contributed by atoms with van der Waals surface area (Å²) in [6.45, 7) is 0. The molecule has 1 rings (SSSR count). The van der Waals surface area contributed by atoms with Crippen molar-refractivity contribution in [3.8, 4) is 0 Å². The summed E-state index contributed by atoms with van der Waals surface area (Å²) in [6.07, 6.45) is -0.255. The van der Waals surface area contributed by atoms with Gasteiger partial charge in [-0.1, -0.05) is 41.9 Å². The monoisotopic (exact) mass is 360 g/mol. The minimum atomic E-state index is -3.55. The van der Waals surface area contributed by atoms with Gasteiger partial charge in [0.2, 0.25) is 2.21 Å². The summed E-state index contributed by atoms with van der Waals surface area (Å²) in [6, 6.07) is 8.46. The molecule has 0 fully saturated rings. The molecule has 3 nitrogen and oxygen atoms in total. The second-order valence-electron chi connectivity index (χ2n) is 3.15. The highest BCUT2D eigenvalue weighted by Crippen LogP contribution is 2.42. The lowest BCUT2D eigenvalue weighted by Gasteiger charge is -2.24. The van der Waals surface area contributed by atoms with Crippen molar-refractivity contribution in [2.45, 2.75) is 8.32 Å². The van der Waals surface area contributed by atoms with E-state index in [1.807, 2.05) is 0 Å². The van der Waals surface area contributed by atoms with Gasteiger partial charge in [-0.15, -0.1) is 0 Å². The number of halogens is 2. The molecule has 0 saturated carbocycles. The molecular weight excluding hydrogens is 351 g/mol. The van der Waals surface area contributed by atoms with Crippen LogP contribution in [0.15, 0.2) is 30.3 Å². The summed E-state index contributed by atoms with van der Waals surface area (Å²) >= 11 is 7.39. The van der Waals surface area contributed by atoms with Gasteiger partial charge in [-0.3, -0.25) is 0 Å². The zero-order valence-electron chi connectivity index (χ0n) is 7.89. The summed E-state index contributed by atoms with van der Waals surface area (Å²) in [5, 5.41) is 9.87. The van der Waals surface area contributed by atoms with Crippen LogP contribution in [0.25, 0.3) is 0 Å². The maximum absolute atomic E-state index is 11.4. The largest absolute Gasteiger partial charge is 0.385 e. The molecule has 0 radical (unpaired) electrons. The highest BCUT2D eigenvalue weighted by atomic mass is 127. The van der Waals surface area contributed by atoms with E-state index in [1.54, 1.807) is 30.3 Å². The maximum Gasteiger partial charge on any atom is 0.224 e. The van der Waals surface area contributed by atoms with Gasteiger partial charge in [0.15, 0.2) is 9.84 Å². The number of aliphatic hydroxyl groups excluding tert-OH is 1. The van der Waals surface area contributed by atoms with E-state index in [4.69, 9.17) is 11.6 Å². The Labute approximate surface area is 108 Å². The quantitative estimate of drug-likeness (QED) is 0.663. The van der Waals surface area contributed by atoms with Gasteiger partial charge in [0.05, 0.1) is 0 Å². The van der Waals surface area contributed by atoms with Crippen LogP contribution in [0.3, 0.4) is 0 Å². The fraction of sp³-hybridized carbons (Fsp3) is 0.333. The highest BCUT2D eigenvalue weighted by molar-refractivity contribution is 14.1. The van der Waals surface area contributed by atoms with Gasteiger partial charge in [0.1, 0.15) is 6.10 Å². The summed E-state index contributed by atoms with van der Waals surface area (Å²) in [4.78, 5) is 0. The van der Waals surface area contributed by atoms with Crippen LogP contribution in [0, 0.1) is 0 Å². The smallest absolute Gasteiger partial charge is 0.224 e. The fourth-order valence-corrected chi connectivity index (χ4v) is 2.06. The predicted molar refractivity (Wildman–Crippen MR) is 68.8 cm³/mol. The van der Waals surface area contributed by atoms with Gasteiger partial charge >= 0.3 is 0 Å². The number of aliphatic hydroxyl groups is 1. The SMILES string of the molecule is CS(=O)(=O)[C@](Cl)(I)[C@@H](O)c1ccccc1. The molecule has 6 heteroatoms. The molecule has 1 N–H and O–H groups in total. The molecule has 0 aromatic heterocycles. The molecule has 0 heterocycles. The van der Waals surface area contributed by atoms with Crippen LogP contribution in [0.2, 0.25) is 0 Å². The number of hydrogen-bond donors (Lipinski definition) is 1. The fourth-order valence-electron chi connectivity index (χ4n) is 1.03. The molecule has 0 aliphatic heterocycles. The molecular formula is C9H10ClIO3S. The van der Waals surface area contributed by atoms with Crippen molar-refractivity contribution in [1.82, 2.24) is 0 Å². The number of alkyl halides is 2. The first-order chi connectivity index (χ1) is 6.77. The van der Waals surface area contributed by atoms with Gasteiger partial charge in [-0.2, -0.15) is 0 Å². The number of benzene rings is 1. The summed E-state index contributed by atoms with van der Waals surface area (Å²) in [5.41, 5.74) is 0.479. The van der Waals surface area contributed by atoms with E-state index in [1.165, 1.54) is 22.6 Å². The Hall–Kier alpha value is 0.150. The average molecular weight is 361 g/mol. The molecule has 0 aliphatic carbocycles. The van der Waals surface area contributed by atoms with Crippen molar-refractivity contribution in [3.05, 3.63) is 35.9 Å². The Morgan fingerprint density at radius 3 is 2.27 bits per heavy atom. The van der Waals surface area contributed by atoms with Crippen LogP contribution in [0.1, 0.15) is 11.7 Å². The van der Waals surface area contributed by atoms with E-state index in [2.05, 4.69) is 0 Å². The molecule has 1 aromatic carbocycles. The second-order valence-corrected chi connectivity index (χ2v) is 9.23. The standard InChI is InChI=1S/C9H10ClIO3S/c1-15(13,14)9(10,11)8(12)7-5-3-2-4-6-7/h2-6,8,12H,1H3/t8-,9+/m0/s1. The van der Waals surface area contributed by atoms with E-state index in [-0.39, 0.29) is 0 Å². The minimum Gasteiger partial charge on any atom is -0.385 e. The third-order valence-electron chi connectivity index (χ3n) is 1.93. The van der Waals surface area contributed by atoms with Crippen molar-refractivity contribution in [1.29, 1.82) is 0 Å². The first kappa shape index (κ1) is 13.2. The zero-order chi connectivity index (χ0) is 11.7. The van der Waals surface area contributed by atoms with Crippen LogP contribution in [0.5, 0.6) is 0 Å². The molecule has 0 bridgehead atoms. The molecule has 1 aromatic rings. The van der Waals surface area contributed by atoms with Crippen LogP contribution < -0.4 is 0 Å². The predicted octanol–water partition coefficient (Wildman–Crippen LogP) is 2.09. The van der Waals surface area contributed by atoms with Gasteiger partial charge in [-0.05, 0) is 28.2 Å². The molecule has 0 aliphatic rings. The third-order valence-corrected chi connectivity index (χ3v) is 7.18. The lowest BCUT2D eigenvalue weighted by atomic mass is 10.1. The minimum absolute atomic E-state index is 0.479. The van der Waals surface area contributed by atoms with Crippen molar-refractivity contribution in [2.75, 3.05) is 6.26 Å².